The fraction of sp³-hybridized carbons (Fsp3) is 0.231. The van der Waals surface area contributed by atoms with Gasteiger partial charge in [-0.15, -0.1) is 0 Å². The second kappa shape index (κ2) is 6.65. The summed E-state index contributed by atoms with van der Waals surface area (Å²) < 4.78 is 0. The number of likely N-dealkylation sites (N-methyl/N-ethyl adjacent to an activating group) is 1. The molecular weight excluding hydrogens is 282 g/mol. The van der Waals surface area contributed by atoms with E-state index in [9.17, 15) is 4.79 Å². The van der Waals surface area contributed by atoms with E-state index in [0.29, 0.717) is 17.4 Å². The molecule has 1 unspecified atom stereocenters. The highest BCUT2D eigenvalue weighted by atomic mass is 35.5. The number of thiophene rings is 1. The normalized spacial score (nSPS) is 12.1. The molecule has 2 N–H and O–H groups in total. The molecule has 1 atom stereocenters. The maximum atomic E-state index is 11.9. The Hall–Kier alpha value is -1.43. The Labute approximate surface area is 121 Å². The first kappa shape index (κ1) is 14.0. The quantitative estimate of drug-likeness (QED) is 0.821. The molecule has 0 saturated carbocycles. The lowest BCUT2D eigenvalue weighted by Crippen LogP contribution is -3.08. The van der Waals surface area contributed by atoms with E-state index < -0.39 is 0 Å². The van der Waals surface area contributed by atoms with Crippen molar-refractivity contribution < 1.29 is 9.69 Å². The molecule has 0 fully saturated rings. The van der Waals surface area contributed by atoms with Crippen LogP contribution in [0.15, 0.2) is 35.2 Å². The van der Waals surface area contributed by atoms with Gasteiger partial charge in [-0.1, -0.05) is 11.6 Å². The SMILES string of the molecule is C[NH+](CC(=O)Nc1cccnc1Cl)Cc1ccsc1. The number of amides is 1. The van der Waals surface area contributed by atoms with Gasteiger partial charge in [0.25, 0.3) is 5.91 Å². The lowest BCUT2D eigenvalue weighted by atomic mass is 10.3. The van der Waals surface area contributed by atoms with E-state index in [2.05, 4.69) is 21.7 Å². The fourth-order valence-corrected chi connectivity index (χ4v) is 2.59. The van der Waals surface area contributed by atoms with E-state index in [1.807, 2.05) is 12.4 Å². The van der Waals surface area contributed by atoms with Gasteiger partial charge in [0.05, 0.1) is 12.7 Å². The molecule has 0 radical (unpaired) electrons. The standard InChI is InChI=1S/C13H14ClN3OS/c1-17(7-10-4-6-19-9-10)8-12(18)16-11-3-2-5-15-13(11)14/h2-6,9H,7-8H2,1H3,(H,16,18)/p+1. The molecule has 6 heteroatoms. The Morgan fingerprint density at radius 1 is 1.53 bits per heavy atom. The van der Waals surface area contributed by atoms with Crippen LogP contribution < -0.4 is 10.2 Å². The van der Waals surface area contributed by atoms with Crippen LogP contribution in [0, 0.1) is 0 Å². The third kappa shape index (κ3) is 4.31. The van der Waals surface area contributed by atoms with Crippen molar-refractivity contribution in [1.29, 1.82) is 0 Å². The minimum atomic E-state index is -0.0670. The van der Waals surface area contributed by atoms with Gasteiger partial charge in [0.2, 0.25) is 0 Å². The molecule has 0 aliphatic carbocycles. The highest BCUT2D eigenvalue weighted by molar-refractivity contribution is 7.07. The molecule has 4 nitrogen and oxygen atoms in total. The molecule has 0 spiro atoms. The zero-order chi connectivity index (χ0) is 13.7. The number of quaternary nitrogens is 1. The van der Waals surface area contributed by atoms with Gasteiger partial charge in [-0.3, -0.25) is 4.79 Å². The van der Waals surface area contributed by atoms with Crippen LogP contribution in [-0.2, 0) is 11.3 Å². The van der Waals surface area contributed by atoms with E-state index in [0.717, 1.165) is 11.4 Å². The Bertz CT molecular complexity index is 545. The molecular formula is C13H15ClN3OS+. The van der Waals surface area contributed by atoms with E-state index >= 15 is 0 Å². The number of nitrogens with zero attached hydrogens (tertiary/aromatic N) is 1. The lowest BCUT2D eigenvalue weighted by molar-refractivity contribution is -0.885. The van der Waals surface area contributed by atoms with E-state index in [4.69, 9.17) is 11.6 Å². The van der Waals surface area contributed by atoms with E-state index in [-0.39, 0.29) is 5.91 Å². The third-order valence-corrected chi connectivity index (χ3v) is 3.61. The summed E-state index contributed by atoms with van der Waals surface area (Å²) >= 11 is 7.55. The van der Waals surface area contributed by atoms with Gasteiger partial charge >= 0.3 is 0 Å². The van der Waals surface area contributed by atoms with E-state index in [1.54, 1.807) is 29.7 Å². The molecule has 2 aromatic rings. The molecule has 0 saturated heterocycles. The second-order valence-corrected chi connectivity index (χ2v) is 5.47. The maximum absolute atomic E-state index is 11.9. The number of pyridine rings is 1. The van der Waals surface area contributed by atoms with Gasteiger partial charge in [0.15, 0.2) is 11.7 Å². The van der Waals surface area contributed by atoms with Crippen molar-refractivity contribution in [2.75, 3.05) is 18.9 Å². The van der Waals surface area contributed by atoms with Crippen LogP contribution in [0.2, 0.25) is 5.15 Å². The van der Waals surface area contributed by atoms with Gasteiger partial charge in [0.1, 0.15) is 6.54 Å². The number of halogens is 1. The van der Waals surface area contributed by atoms with Gasteiger partial charge in [-0.25, -0.2) is 4.98 Å². The number of carbonyl (C=O) groups excluding carboxylic acids is 1. The number of nitrogens with one attached hydrogen (secondary N) is 2. The van der Waals surface area contributed by atoms with Crippen LogP contribution in [0.25, 0.3) is 0 Å². The van der Waals surface area contributed by atoms with E-state index in [1.165, 1.54) is 5.56 Å². The largest absolute Gasteiger partial charge is 0.326 e. The van der Waals surface area contributed by atoms with Crippen molar-refractivity contribution in [3.8, 4) is 0 Å². The van der Waals surface area contributed by atoms with Crippen molar-refractivity contribution in [2.45, 2.75) is 6.54 Å². The van der Waals surface area contributed by atoms with Crippen molar-refractivity contribution >= 4 is 34.5 Å². The van der Waals surface area contributed by atoms with Crippen LogP contribution in [0.1, 0.15) is 5.56 Å². The van der Waals surface area contributed by atoms with Crippen LogP contribution in [-0.4, -0.2) is 24.5 Å². The maximum Gasteiger partial charge on any atom is 0.279 e. The van der Waals surface area contributed by atoms with Gasteiger partial charge < -0.3 is 10.2 Å². The summed E-state index contributed by atoms with van der Waals surface area (Å²) in [4.78, 5) is 16.9. The topological polar surface area (TPSA) is 46.4 Å². The minimum absolute atomic E-state index is 0.0670. The lowest BCUT2D eigenvalue weighted by Gasteiger charge is -2.13. The highest BCUT2D eigenvalue weighted by Crippen LogP contribution is 2.16. The summed E-state index contributed by atoms with van der Waals surface area (Å²) in [5.41, 5.74) is 1.80. The number of hydrogen-bond donors (Lipinski definition) is 2. The predicted molar refractivity (Wildman–Crippen MR) is 77.7 cm³/mol. The summed E-state index contributed by atoms with van der Waals surface area (Å²) in [5, 5.41) is 7.22. The number of hydrogen-bond acceptors (Lipinski definition) is 3. The van der Waals surface area contributed by atoms with Crippen molar-refractivity contribution in [2.24, 2.45) is 0 Å². The average Bonchev–Trinajstić information content (AvgIpc) is 2.84. The number of anilines is 1. The van der Waals surface area contributed by atoms with Crippen molar-refractivity contribution in [1.82, 2.24) is 4.98 Å². The zero-order valence-corrected chi connectivity index (χ0v) is 12.1. The van der Waals surface area contributed by atoms with Crippen LogP contribution in [0.5, 0.6) is 0 Å². The summed E-state index contributed by atoms with van der Waals surface area (Å²) in [5.74, 6) is -0.0670. The van der Waals surface area contributed by atoms with Crippen molar-refractivity contribution in [3.05, 3.63) is 45.9 Å². The molecule has 100 valence electrons. The molecule has 0 aliphatic rings. The first-order valence-electron chi connectivity index (χ1n) is 5.88. The Morgan fingerprint density at radius 3 is 3.05 bits per heavy atom. The molecule has 1 amide bonds. The average molecular weight is 297 g/mol. The monoisotopic (exact) mass is 296 g/mol. The molecule has 2 rings (SSSR count). The second-order valence-electron chi connectivity index (χ2n) is 4.33. The summed E-state index contributed by atoms with van der Waals surface area (Å²) in [6, 6.07) is 5.55. The molecule has 2 aromatic heterocycles. The number of rotatable bonds is 5. The minimum Gasteiger partial charge on any atom is -0.326 e. The molecule has 2 heterocycles. The zero-order valence-electron chi connectivity index (χ0n) is 10.5. The first-order chi connectivity index (χ1) is 9.15. The van der Waals surface area contributed by atoms with Crippen LogP contribution >= 0.6 is 22.9 Å². The number of aromatic nitrogens is 1. The Kier molecular flexibility index (Phi) is 4.90. The number of carbonyl (C=O) groups is 1. The van der Waals surface area contributed by atoms with Gasteiger partial charge in [-0.05, 0) is 29.0 Å². The first-order valence-corrected chi connectivity index (χ1v) is 7.20. The Morgan fingerprint density at radius 2 is 2.37 bits per heavy atom. The summed E-state index contributed by atoms with van der Waals surface area (Å²) in [6.07, 6.45) is 1.59. The summed E-state index contributed by atoms with van der Waals surface area (Å²) in [7, 11) is 1.99. The highest BCUT2D eigenvalue weighted by Gasteiger charge is 2.12. The fourth-order valence-electron chi connectivity index (χ4n) is 1.75. The molecule has 0 aliphatic heterocycles. The predicted octanol–water partition coefficient (Wildman–Crippen LogP) is 1.45. The molecule has 0 bridgehead atoms. The Balaban J connectivity index is 1.86. The van der Waals surface area contributed by atoms with Crippen LogP contribution in [0.4, 0.5) is 5.69 Å². The smallest absolute Gasteiger partial charge is 0.279 e. The molecule has 0 aromatic carbocycles. The summed E-state index contributed by atoms with van der Waals surface area (Å²) in [6.45, 7) is 1.22. The van der Waals surface area contributed by atoms with Gasteiger partial charge in [0, 0.05) is 11.8 Å². The third-order valence-electron chi connectivity index (χ3n) is 2.58. The van der Waals surface area contributed by atoms with Crippen molar-refractivity contribution in [3.63, 3.8) is 0 Å². The van der Waals surface area contributed by atoms with Gasteiger partial charge in [-0.2, -0.15) is 11.3 Å². The van der Waals surface area contributed by atoms with Crippen LogP contribution in [0.3, 0.4) is 0 Å². The molecule has 19 heavy (non-hydrogen) atoms.